The highest BCUT2D eigenvalue weighted by molar-refractivity contribution is 6.22. The van der Waals surface area contributed by atoms with E-state index in [1.165, 1.54) is 4.68 Å². The summed E-state index contributed by atoms with van der Waals surface area (Å²) >= 11 is 0. The Bertz CT molecular complexity index is 890. The lowest BCUT2D eigenvalue weighted by Gasteiger charge is -2.03. The molecule has 120 valence electrons. The second kappa shape index (κ2) is 6.50. The first-order valence-corrected chi connectivity index (χ1v) is 7.60. The molecule has 0 fully saturated rings. The molecule has 5 heteroatoms. The van der Waals surface area contributed by atoms with Gasteiger partial charge in [-0.15, -0.1) is 5.10 Å². The maximum atomic E-state index is 11.8. The summed E-state index contributed by atoms with van der Waals surface area (Å²) in [6.45, 7) is 4.07. The third-order valence-corrected chi connectivity index (χ3v) is 3.60. The predicted molar refractivity (Wildman–Crippen MR) is 94.7 cm³/mol. The summed E-state index contributed by atoms with van der Waals surface area (Å²) in [6, 6.07) is 15.4. The second-order valence-corrected chi connectivity index (χ2v) is 5.70. The molecule has 5 nitrogen and oxygen atoms in total. The number of hydrogen-bond donors (Lipinski definition) is 1. The second-order valence-electron chi connectivity index (χ2n) is 5.70. The summed E-state index contributed by atoms with van der Waals surface area (Å²) in [4.78, 5) is 16.1. The highest BCUT2D eigenvalue weighted by atomic mass is 16.1. The fraction of sp³-hybridized carbons (Fsp3) is 0.105. The van der Waals surface area contributed by atoms with Crippen LogP contribution in [0, 0.1) is 13.8 Å². The van der Waals surface area contributed by atoms with Crippen molar-refractivity contribution in [2.24, 2.45) is 5.73 Å². The monoisotopic (exact) mass is 318 g/mol. The molecule has 0 saturated heterocycles. The number of hydrogen-bond acceptors (Lipinski definition) is 3. The van der Waals surface area contributed by atoms with Crippen molar-refractivity contribution in [3.63, 3.8) is 0 Å². The van der Waals surface area contributed by atoms with Crippen LogP contribution in [-0.4, -0.2) is 20.7 Å². The Kier molecular flexibility index (Phi) is 4.24. The van der Waals surface area contributed by atoms with Gasteiger partial charge in [0.15, 0.2) is 5.82 Å². The van der Waals surface area contributed by atoms with E-state index in [0.29, 0.717) is 11.4 Å². The predicted octanol–water partition coefficient (Wildman–Crippen LogP) is 3.05. The first kappa shape index (κ1) is 15.7. The molecule has 0 radical (unpaired) electrons. The molecule has 2 aromatic carbocycles. The van der Waals surface area contributed by atoms with Gasteiger partial charge in [-0.05, 0) is 31.5 Å². The van der Waals surface area contributed by atoms with Gasteiger partial charge in [0.1, 0.15) is 6.33 Å². The van der Waals surface area contributed by atoms with E-state index in [1.54, 1.807) is 12.5 Å². The van der Waals surface area contributed by atoms with Crippen LogP contribution in [0.3, 0.4) is 0 Å². The largest absolute Gasteiger partial charge is 0.366 e. The molecule has 2 N–H and O–H groups in total. The minimum Gasteiger partial charge on any atom is -0.366 e. The summed E-state index contributed by atoms with van der Waals surface area (Å²) in [5.74, 6) is 0.0968. The number of carbonyl (C=O) groups excluding carboxylic acids is 1. The molecule has 0 unspecified atom stereocenters. The molecule has 1 aromatic heterocycles. The number of primary amides is 1. The summed E-state index contributed by atoms with van der Waals surface area (Å²) < 4.78 is 1.51. The van der Waals surface area contributed by atoms with Crippen LogP contribution in [0.4, 0.5) is 0 Å². The first-order valence-electron chi connectivity index (χ1n) is 7.60. The fourth-order valence-corrected chi connectivity index (χ4v) is 2.60. The van der Waals surface area contributed by atoms with Gasteiger partial charge in [0.2, 0.25) is 0 Å². The zero-order valence-electron chi connectivity index (χ0n) is 13.6. The number of aryl methyl sites for hydroxylation is 2. The number of nitrogens with zero attached hydrogens (tertiary/aromatic N) is 3. The molecular formula is C19H18N4O. The van der Waals surface area contributed by atoms with Crippen LogP contribution in [-0.2, 0) is 4.79 Å². The van der Waals surface area contributed by atoms with Crippen molar-refractivity contribution in [1.29, 1.82) is 0 Å². The minimum absolute atomic E-state index is 0.382. The summed E-state index contributed by atoms with van der Waals surface area (Å²) in [5.41, 5.74) is 9.88. The van der Waals surface area contributed by atoms with Crippen LogP contribution in [0.25, 0.3) is 23.2 Å². The number of amides is 1. The number of aromatic nitrogens is 3. The Morgan fingerprint density at radius 1 is 1.08 bits per heavy atom. The van der Waals surface area contributed by atoms with Crippen molar-refractivity contribution in [2.45, 2.75) is 13.8 Å². The van der Waals surface area contributed by atoms with Gasteiger partial charge in [0, 0.05) is 11.8 Å². The lowest BCUT2D eigenvalue weighted by Crippen LogP contribution is -2.13. The lowest BCUT2D eigenvalue weighted by atomic mass is 10.1. The average Bonchev–Trinajstić information content (AvgIpc) is 3.01. The number of benzene rings is 2. The quantitative estimate of drug-likeness (QED) is 0.751. The normalized spacial score (nSPS) is 11.5. The Balaban J connectivity index is 1.99. The third-order valence-electron chi connectivity index (χ3n) is 3.60. The molecule has 0 spiro atoms. The number of rotatable bonds is 4. The lowest BCUT2D eigenvalue weighted by molar-refractivity contribution is -0.112. The van der Waals surface area contributed by atoms with Crippen molar-refractivity contribution >= 4 is 17.7 Å². The number of nitrogens with two attached hydrogens (primary N) is 1. The van der Waals surface area contributed by atoms with Gasteiger partial charge in [-0.2, -0.15) is 0 Å². The van der Waals surface area contributed by atoms with E-state index >= 15 is 0 Å². The maximum absolute atomic E-state index is 11.8. The molecular weight excluding hydrogens is 300 g/mol. The molecule has 0 bridgehead atoms. The van der Waals surface area contributed by atoms with E-state index in [0.717, 1.165) is 22.3 Å². The number of carbonyl (C=O) groups is 1. The third kappa shape index (κ3) is 3.41. The molecule has 1 heterocycles. The Morgan fingerprint density at radius 2 is 1.75 bits per heavy atom. The van der Waals surface area contributed by atoms with Gasteiger partial charge in [-0.1, -0.05) is 47.5 Å². The Morgan fingerprint density at radius 3 is 2.38 bits per heavy atom. The minimum atomic E-state index is -0.510. The van der Waals surface area contributed by atoms with Gasteiger partial charge in [0.25, 0.3) is 5.91 Å². The molecule has 1 amide bonds. The summed E-state index contributed by atoms with van der Waals surface area (Å²) in [5, 5.41) is 4.43. The van der Waals surface area contributed by atoms with E-state index in [9.17, 15) is 4.79 Å². The van der Waals surface area contributed by atoms with Crippen molar-refractivity contribution in [2.75, 3.05) is 0 Å². The Hall–Kier alpha value is -3.21. The van der Waals surface area contributed by atoms with Crippen molar-refractivity contribution in [3.8, 4) is 11.4 Å². The molecule has 24 heavy (non-hydrogen) atoms. The standard InChI is InChI=1S/C19H18N4O/c1-13-8-14(2)10-16(9-13)19-21-12-23(22-19)11-17(18(20)24)15-6-4-3-5-7-15/h3-12H,1-2H3,(H2,20,24)/b17-11+. The van der Waals surface area contributed by atoms with Gasteiger partial charge in [0.05, 0.1) is 5.57 Å². The van der Waals surface area contributed by atoms with E-state index in [-0.39, 0.29) is 0 Å². The zero-order valence-corrected chi connectivity index (χ0v) is 13.6. The zero-order chi connectivity index (χ0) is 17.1. The van der Waals surface area contributed by atoms with Crippen LogP contribution in [0.1, 0.15) is 16.7 Å². The molecule has 0 saturated carbocycles. The van der Waals surface area contributed by atoms with E-state index < -0.39 is 5.91 Å². The first-order chi connectivity index (χ1) is 11.5. The molecule has 3 aromatic rings. The molecule has 3 rings (SSSR count). The van der Waals surface area contributed by atoms with Gasteiger partial charge in [-0.25, -0.2) is 9.67 Å². The van der Waals surface area contributed by atoms with Gasteiger partial charge in [-0.3, -0.25) is 4.79 Å². The van der Waals surface area contributed by atoms with Crippen molar-refractivity contribution in [3.05, 3.63) is 71.5 Å². The van der Waals surface area contributed by atoms with Crippen LogP contribution in [0.2, 0.25) is 0 Å². The van der Waals surface area contributed by atoms with E-state index in [4.69, 9.17) is 5.73 Å². The van der Waals surface area contributed by atoms with Crippen LogP contribution in [0.15, 0.2) is 54.9 Å². The maximum Gasteiger partial charge on any atom is 0.250 e. The summed E-state index contributed by atoms with van der Waals surface area (Å²) in [7, 11) is 0. The van der Waals surface area contributed by atoms with E-state index in [1.807, 2.05) is 56.3 Å². The molecule has 0 atom stereocenters. The molecule has 0 aliphatic carbocycles. The highest BCUT2D eigenvalue weighted by Crippen LogP contribution is 2.19. The summed E-state index contributed by atoms with van der Waals surface area (Å²) in [6.07, 6.45) is 3.16. The van der Waals surface area contributed by atoms with Gasteiger partial charge < -0.3 is 5.73 Å². The van der Waals surface area contributed by atoms with E-state index in [2.05, 4.69) is 16.1 Å². The molecule has 0 aliphatic heterocycles. The highest BCUT2D eigenvalue weighted by Gasteiger charge is 2.10. The van der Waals surface area contributed by atoms with Crippen molar-refractivity contribution in [1.82, 2.24) is 14.8 Å². The van der Waals surface area contributed by atoms with Crippen LogP contribution < -0.4 is 5.73 Å². The van der Waals surface area contributed by atoms with Gasteiger partial charge >= 0.3 is 0 Å². The fourth-order valence-electron chi connectivity index (χ4n) is 2.60. The average molecular weight is 318 g/mol. The van der Waals surface area contributed by atoms with Crippen LogP contribution >= 0.6 is 0 Å². The Labute approximate surface area is 140 Å². The van der Waals surface area contributed by atoms with Crippen molar-refractivity contribution < 1.29 is 4.79 Å². The topological polar surface area (TPSA) is 73.8 Å². The SMILES string of the molecule is Cc1cc(C)cc(-c2ncn(/C=C(/C(N)=O)c3ccccc3)n2)c1. The smallest absolute Gasteiger partial charge is 0.250 e. The van der Waals surface area contributed by atoms with Crippen LogP contribution in [0.5, 0.6) is 0 Å². The molecule has 0 aliphatic rings.